The highest BCUT2D eigenvalue weighted by atomic mass is 35.5. The van der Waals surface area contributed by atoms with E-state index in [0.29, 0.717) is 16.9 Å². The van der Waals surface area contributed by atoms with Gasteiger partial charge in [0.2, 0.25) is 5.95 Å². The fourth-order valence-corrected chi connectivity index (χ4v) is 4.42. The Bertz CT molecular complexity index is 1080. The Morgan fingerprint density at radius 3 is 2.52 bits per heavy atom. The van der Waals surface area contributed by atoms with Gasteiger partial charge in [0.15, 0.2) is 0 Å². The van der Waals surface area contributed by atoms with E-state index >= 15 is 0 Å². The number of benzene rings is 2. The zero-order chi connectivity index (χ0) is 22.8. The van der Waals surface area contributed by atoms with Crippen molar-refractivity contribution in [3.05, 3.63) is 64.2 Å². The average Bonchev–Trinajstić information content (AvgIpc) is 3.52. The molecule has 1 heterocycles. The Kier molecular flexibility index (Phi) is 8.24. The van der Waals surface area contributed by atoms with Crippen molar-refractivity contribution in [3.63, 3.8) is 0 Å². The van der Waals surface area contributed by atoms with Crippen molar-refractivity contribution >= 4 is 30.0 Å². The molecule has 8 heteroatoms. The molecule has 3 aromatic rings. The summed E-state index contributed by atoms with van der Waals surface area (Å²) < 4.78 is 20.8. The molecule has 1 atom stereocenters. The predicted octanol–water partition coefficient (Wildman–Crippen LogP) is 6.86. The van der Waals surface area contributed by atoms with Crippen molar-refractivity contribution in [3.8, 4) is 11.4 Å². The lowest BCUT2D eigenvalue weighted by molar-refractivity contribution is 0.411. The zero-order valence-corrected chi connectivity index (χ0v) is 21.1. The minimum atomic E-state index is -0.219. The van der Waals surface area contributed by atoms with Crippen molar-refractivity contribution in [2.24, 2.45) is 5.92 Å². The SMILES string of the molecule is CCCN(c1nc(C)n(-c2cc(C)c(OC)cc2Cl)n1)C(CC1CC1)c1ccc(F)cc1.Cl. The Balaban J connectivity index is 0.00000306. The number of aryl methyl sites for hydroxylation is 2. The predicted molar refractivity (Wildman–Crippen MR) is 134 cm³/mol. The second-order valence-corrected chi connectivity index (χ2v) is 8.99. The highest BCUT2D eigenvalue weighted by Crippen LogP contribution is 2.41. The molecular weight excluding hydrogens is 462 g/mol. The monoisotopic (exact) mass is 492 g/mol. The molecule has 0 radical (unpaired) electrons. The van der Waals surface area contributed by atoms with Crippen molar-refractivity contribution in [2.75, 3.05) is 18.6 Å². The van der Waals surface area contributed by atoms with Crippen molar-refractivity contribution in [1.82, 2.24) is 14.8 Å². The van der Waals surface area contributed by atoms with Crippen LogP contribution in [0.3, 0.4) is 0 Å². The normalized spacial score (nSPS) is 14.0. The Morgan fingerprint density at radius 2 is 1.91 bits per heavy atom. The largest absolute Gasteiger partial charge is 0.496 e. The number of aromatic nitrogens is 3. The van der Waals surface area contributed by atoms with Gasteiger partial charge in [0, 0.05) is 12.6 Å². The van der Waals surface area contributed by atoms with Gasteiger partial charge < -0.3 is 9.64 Å². The number of rotatable bonds is 9. The fraction of sp³-hybridized carbons (Fsp3) is 0.440. The molecule has 1 aliphatic carbocycles. The minimum Gasteiger partial charge on any atom is -0.496 e. The molecular formula is C25H31Cl2FN4O. The third-order valence-electron chi connectivity index (χ3n) is 6.06. The van der Waals surface area contributed by atoms with E-state index in [9.17, 15) is 4.39 Å². The molecule has 1 aromatic heterocycles. The van der Waals surface area contributed by atoms with Crippen molar-refractivity contribution in [1.29, 1.82) is 0 Å². The first kappa shape index (κ1) is 25.3. The summed E-state index contributed by atoms with van der Waals surface area (Å²) >= 11 is 6.57. The maximum absolute atomic E-state index is 13.6. The second kappa shape index (κ2) is 10.7. The lowest BCUT2D eigenvalue weighted by atomic mass is 9.99. The third kappa shape index (κ3) is 5.61. The molecule has 0 spiro atoms. The van der Waals surface area contributed by atoms with Gasteiger partial charge in [-0.3, -0.25) is 0 Å². The molecule has 0 bridgehead atoms. The van der Waals surface area contributed by atoms with Gasteiger partial charge in [-0.05, 0) is 61.9 Å². The van der Waals surface area contributed by atoms with Crippen LogP contribution in [0.15, 0.2) is 36.4 Å². The Hall–Kier alpha value is -2.31. The molecule has 5 nitrogen and oxygen atoms in total. The maximum Gasteiger partial charge on any atom is 0.245 e. The van der Waals surface area contributed by atoms with E-state index in [1.165, 1.54) is 25.0 Å². The maximum atomic E-state index is 13.6. The van der Waals surface area contributed by atoms with Crippen molar-refractivity contribution in [2.45, 2.75) is 52.5 Å². The lowest BCUT2D eigenvalue weighted by Gasteiger charge is -2.31. The quantitative estimate of drug-likeness (QED) is 0.327. The first-order chi connectivity index (χ1) is 15.4. The van der Waals surface area contributed by atoms with E-state index < -0.39 is 0 Å². The summed E-state index contributed by atoms with van der Waals surface area (Å²) in [5, 5.41) is 5.44. The fourth-order valence-electron chi connectivity index (χ4n) is 4.19. The number of halogens is 3. The highest BCUT2D eigenvalue weighted by Gasteiger charge is 2.31. The van der Waals surface area contributed by atoms with E-state index in [1.54, 1.807) is 11.8 Å². The second-order valence-electron chi connectivity index (χ2n) is 8.58. The van der Waals surface area contributed by atoms with Crippen LogP contribution in [0.25, 0.3) is 5.69 Å². The van der Waals surface area contributed by atoms with Gasteiger partial charge in [-0.25, -0.2) is 9.07 Å². The molecule has 0 aliphatic heterocycles. The van der Waals surface area contributed by atoms with Gasteiger partial charge in [0.05, 0.1) is 23.9 Å². The topological polar surface area (TPSA) is 43.2 Å². The van der Waals surface area contributed by atoms with Crippen LogP contribution < -0.4 is 9.64 Å². The summed E-state index contributed by atoms with van der Waals surface area (Å²) in [5.74, 6) is 2.65. The van der Waals surface area contributed by atoms with Crippen LogP contribution in [0.2, 0.25) is 5.02 Å². The Labute approximate surface area is 206 Å². The summed E-state index contributed by atoms with van der Waals surface area (Å²) in [6, 6.07) is 10.7. The van der Waals surface area contributed by atoms with Crippen LogP contribution >= 0.6 is 24.0 Å². The van der Waals surface area contributed by atoms with Crippen LogP contribution in [0.4, 0.5) is 10.3 Å². The van der Waals surface area contributed by atoms with Gasteiger partial charge in [-0.1, -0.05) is 43.5 Å². The number of nitrogens with zero attached hydrogens (tertiary/aromatic N) is 4. The van der Waals surface area contributed by atoms with Crippen LogP contribution in [0.5, 0.6) is 5.75 Å². The molecule has 0 amide bonds. The first-order valence-electron chi connectivity index (χ1n) is 11.2. The van der Waals surface area contributed by atoms with E-state index in [2.05, 4.69) is 11.8 Å². The van der Waals surface area contributed by atoms with Crippen LogP contribution in [0, 0.1) is 25.6 Å². The van der Waals surface area contributed by atoms with Gasteiger partial charge >= 0.3 is 0 Å². The zero-order valence-electron chi connectivity index (χ0n) is 19.5. The molecule has 2 aromatic carbocycles. The summed E-state index contributed by atoms with van der Waals surface area (Å²) in [5.41, 5.74) is 2.85. The Morgan fingerprint density at radius 1 is 1.21 bits per heavy atom. The summed E-state index contributed by atoms with van der Waals surface area (Å²) in [6.45, 7) is 6.88. The highest BCUT2D eigenvalue weighted by molar-refractivity contribution is 6.32. The average molecular weight is 493 g/mol. The molecule has 178 valence electrons. The van der Waals surface area contributed by atoms with E-state index in [-0.39, 0.29) is 24.3 Å². The number of ether oxygens (including phenoxy) is 1. The van der Waals surface area contributed by atoms with Crippen LogP contribution in [-0.2, 0) is 0 Å². The minimum absolute atomic E-state index is 0. The molecule has 1 saturated carbocycles. The smallest absolute Gasteiger partial charge is 0.245 e. The molecule has 1 fully saturated rings. The third-order valence-corrected chi connectivity index (χ3v) is 6.36. The molecule has 0 N–H and O–H groups in total. The summed E-state index contributed by atoms with van der Waals surface area (Å²) in [7, 11) is 1.63. The number of hydrogen-bond donors (Lipinski definition) is 0. The molecule has 33 heavy (non-hydrogen) atoms. The van der Waals surface area contributed by atoms with Gasteiger partial charge in [-0.15, -0.1) is 17.5 Å². The van der Waals surface area contributed by atoms with Crippen LogP contribution in [0.1, 0.15) is 55.6 Å². The standard InChI is InChI=1S/C25H30ClFN4O.ClH/c1-5-12-30(22(14-18-6-7-18)19-8-10-20(27)11-9-19)25-28-17(3)31(29-25)23-13-16(2)24(32-4)15-21(23)26;/h8-11,13,15,18,22H,5-7,12,14H2,1-4H3;1H. The van der Waals surface area contributed by atoms with E-state index in [4.69, 9.17) is 26.4 Å². The molecule has 4 rings (SSSR count). The van der Waals surface area contributed by atoms with Crippen molar-refractivity contribution < 1.29 is 9.13 Å². The summed E-state index contributed by atoms with van der Waals surface area (Å²) in [4.78, 5) is 7.09. The van der Waals surface area contributed by atoms with Gasteiger partial charge in [0.25, 0.3) is 0 Å². The van der Waals surface area contributed by atoms with Gasteiger partial charge in [0.1, 0.15) is 17.4 Å². The molecule has 1 aliphatic rings. The number of hydrogen-bond acceptors (Lipinski definition) is 4. The molecule has 0 saturated heterocycles. The summed E-state index contributed by atoms with van der Waals surface area (Å²) in [6.07, 6.45) is 4.47. The number of methoxy groups -OCH3 is 1. The van der Waals surface area contributed by atoms with Crippen LogP contribution in [-0.4, -0.2) is 28.4 Å². The van der Waals surface area contributed by atoms with E-state index in [0.717, 1.165) is 47.8 Å². The lowest BCUT2D eigenvalue weighted by Crippen LogP contribution is -2.31. The van der Waals surface area contributed by atoms with Gasteiger partial charge in [-0.2, -0.15) is 4.98 Å². The number of anilines is 1. The first-order valence-corrected chi connectivity index (χ1v) is 11.6. The van der Waals surface area contributed by atoms with E-state index in [1.807, 2.05) is 38.1 Å². The molecule has 1 unspecified atom stereocenters.